The van der Waals surface area contributed by atoms with E-state index in [-0.39, 0.29) is 0 Å². The largest absolute Gasteiger partial charge is 0.496 e. The second-order valence-corrected chi connectivity index (χ2v) is 4.32. The quantitative estimate of drug-likeness (QED) is 0.690. The van der Waals surface area contributed by atoms with Crippen LogP contribution in [0.4, 0.5) is 0 Å². The van der Waals surface area contributed by atoms with Gasteiger partial charge >= 0.3 is 0 Å². The molecule has 6 heteroatoms. The van der Waals surface area contributed by atoms with Crippen LogP contribution in [0.25, 0.3) is 22.8 Å². The van der Waals surface area contributed by atoms with Gasteiger partial charge in [0, 0.05) is 6.20 Å². The van der Waals surface area contributed by atoms with E-state index in [2.05, 4.69) is 15.1 Å². The van der Waals surface area contributed by atoms with E-state index in [1.807, 2.05) is 24.3 Å². The first-order valence-corrected chi connectivity index (χ1v) is 6.25. The predicted octanol–water partition coefficient (Wildman–Crippen LogP) is 3.46. The summed E-state index contributed by atoms with van der Waals surface area (Å²) in [4.78, 5) is 8.32. The molecule has 0 unspecified atom stereocenters. The summed E-state index contributed by atoms with van der Waals surface area (Å²) < 4.78 is 10.5. The van der Waals surface area contributed by atoms with Crippen LogP contribution in [0.2, 0.25) is 5.15 Å². The monoisotopic (exact) mass is 287 g/mol. The van der Waals surface area contributed by atoms with E-state index < -0.39 is 0 Å². The molecule has 0 fully saturated rings. The third-order valence-electron chi connectivity index (χ3n) is 2.76. The lowest BCUT2D eigenvalue weighted by atomic mass is 10.2. The Kier molecular flexibility index (Phi) is 3.35. The molecule has 3 aromatic rings. The lowest BCUT2D eigenvalue weighted by Gasteiger charge is -2.03. The van der Waals surface area contributed by atoms with E-state index in [0.29, 0.717) is 28.2 Å². The van der Waals surface area contributed by atoms with E-state index in [0.717, 1.165) is 5.56 Å². The van der Waals surface area contributed by atoms with Gasteiger partial charge in [0.05, 0.1) is 18.2 Å². The third kappa shape index (κ3) is 2.23. The summed E-state index contributed by atoms with van der Waals surface area (Å²) in [5.74, 6) is 1.44. The van der Waals surface area contributed by atoms with Crippen LogP contribution in [0.5, 0.6) is 5.75 Å². The van der Waals surface area contributed by atoms with Crippen molar-refractivity contribution in [3.8, 4) is 28.6 Å². The second kappa shape index (κ2) is 5.30. The number of halogens is 1. The highest BCUT2D eigenvalue weighted by Crippen LogP contribution is 2.30. The molecule has 2 heterocycles. The number of pyridine rings is 1. The highest BCUT2D eigenvalue weighted by molar-refractivity contribution is 6.31. The fraction of sp³-hybridized carbons (Fsp3) is 0.0714. The number of aromatic nitrogens is 3. The Morgan fingerprint density at radius 2 is 1.90 bits per heavy atom. The molecule has 1 aromatic carbocycles. The first-order chi connectivity index (χ1) is 9.79. The van der Waals surface area contributed by atoms with Crippen LogP contribution >= 0.6 is 11.6 Å². The van der Waals surface area contributed by atoms with E-state index in [4.69, 9.17) is 20.9 Å². The minimum Gasteiger partial charge on any atom is -0.496 e. The van der Waals surface area contributed by atoms with Crippen LogP contribution in [0.3, 0.4) is 0 Å². The standard InChI is InChI=1S/C14H10ClN3O2/c1-19-11-7-3-2-5-9(11)13-17-14(20-18-13)10-6-4-8-16-12(10)15/h2-8H,1H3. The first-order valence-electron chi connectivity index (χ1n) is 5.87. The first kappa shape index (κ1) is 12.6. The molecule has 5 nitrogen and oxygen atoms in total. The number of hydrogen-bond acceptors (Lipinski definition) is 5. The fourth-order valence-corrected chi connectivity index (χ4v) is 2.02. The number of para-hydroxylation sites is 1. The zero-order chi connectivity index (χ0) is 13.9. The fourth-order valence-electron chi connectivity index (χ4n) is 1.82. The van der Waals surface area contributed by atoms with Crippen LogP contribution in [0.1, 0.15) is 0 Å². The third-order valence-corrected chi connectivity index (χ3v) is 3.06. The summed E-state index contributed by atoms with van der Waals surface area (Å²) in [5, 5.41) is 4.28. The van der Waals surface area contributed by atoms with Crippen molar-refractivity contribution in [2.75, 3.05) is 7.11 Å². The topological polar surface area (TPSA) is 61.0 Å². The highest BCUT2D eigenvalue weighted by atomic mass is 35.5. The van der Waals surface area contributed by atoms with Crippen molar-refractivity contribution in [3.05, 3.63) is 47.7 Å². The van der Waals surface area contributed by atoms with Crippen LogP contribution in [-0.2, 0) is 0 Å². The molecule has 0 saturated heterocycles. The summed E-state index contributed by atoms with van der Waals surface area (Å²) >= 11 is 6.01. The zero-order valence-electron chi connectivity index (χ0n) is 10.6. The average Bonchev–Trinajstić information content (AvgIpc) is 2.97. The molecule has 0 radical (unpaired) electrons. The van der Waals surface area contributed by atoms with Gasteiger partial charge in [-0.15, -0.1) is 0 Å². The van der Waals surface area contributed by atoms with Crippen molar-refractivity contribution < 1.29 is 9.26 Å². The Balaban J connectivity index is 2.05. The van der Waals surface area contributed by atoms with Gasteiger partial charge in [-0.05, 0) is 24.3 Å². The van der Waals surface area contributed by atoms with Crippen molar-refractivity contribution in [2.24, 2.45) is 0 Å². The van der Waals surface area contributed by atoms with Crippen LogP contribution < -0.4 is 4.74 Å². The van der Waals surface area contributed by atoms with Crippen LogP contribution in [-0.4, -0.2) is 22.2 Å². The van der Waals surface area contributed by atoms with Gasteiger partial charge in [0.1, 0.15) is 10.9 Å². The minimum atomic E-state index is 0.322. The number of benzene rings is 1. The molecule has 0 amide bonds. The number of methoxy groups -OCH3 is 1. The summed E-state index contributed by atoms with van der Waals surface area (Å²) in [6.07, 6.45) is 1.60. The van der Waals surface area contributed by atoms with Gasteiger partial charge in [-0.1, -0.05) is 28.9 Å². The van der Waals surface area contributed by atoms with Crippen molar-refractivity contribution >= 4 is 11.6 Å². The summed E-state index contributed by atoms with van der Waals surface area (Å²) in [6.45, 7) is 0. The smallest absolute Gasteiger partial charge is 0.261 e. The van der Waals surface area contributed by atoms with Gasteiger partial charge in [-0.25, -0.2) is 4.98 Å². The van der Waals surface area contributed by atoms with E-state index in [1.165, 1.54) is 0 Å². The number of ether oxygens (including phenoxy) is 1. The molecule has 100 valence electrons. The summed E-state index contributed by atoms with van der Waals surface area (Å²) in [5.41, 5.74) is 1.35. The maximum atomic E-state index is 6.01. The average molecular weight is 288 g/mol. The second-order valence-electron chi connectivity index (χ2n) is 3.97. The van der Waals surface area contributed by atoms with Gasteiger partial charge < -0.3 is 9.26 Å². The molecular formula is C14H10ClN3O2. The van der Waals surface area contributed by atoms with Crippen molar-refractivity contribution in [2.45, 2.75) is 0 Å². The molecule has 0 aliphatic rings. The predicted molar refractivity (Wildman–Crippen MR) is 74.5 cm³/mol. The Bertz CT molecular complexity index is 743. The normalized spacial score (nSPS) is 10.5. The Morgan fingerprint density at radius 3 is 2.70 bits per heavy atom. The zero-order valence-corrected chi connectivity index (χ0v) is 11.3. The van der Waals surface area contributed by atoms with Crippen LogP contribution in [0, 0.1) is 0 Å². The molecule has 3 rings (SSSR count). The molecule has 0 spiro atoms. The molecule has 2 aromatic heterocycles. The van der Waals surface area contributed by atoms with Crippen LogP contribution in [0.15, 0.2) is 47.1 Å². The summed E-state index contributed by atoms with van der Waals surface area (Å²) in [7, 11) is 1.60. The molecular weight excluding hydrogens is 278 g/mol. The Labute approximate surface area is 120 Å². The summed E-state index contributed by atoms with van der Waals surface area (Å²) in [6, 6.07) is 11.0. The van der Waals surface area contributed by atoms with Gasteiger partial charge in [0.25, 0.3) is 5.89 Å². The van der Waals surface area contributed by atoms with Gasteiger partial charge in [-0.3, -0.25) is 0 Å². The number of rotatable bonds is 3. The van der Waals surface area contributed by atoms with E-state index in [1.54, 1.807) is 25.4 Å². The SMILES string of the molecule is COc1ccccc1-c1noc(-c2cccnc2Cl)n1. The maximum absolute atomic E-state index is 6.01. The molecule has 0 saturated carbocycles. The van der Waals surface area contributed by atoms with Gasteiger partial charge in [0.2, 0.25) is 5.82 Å². The Hall–Kier alpha value is -2.40. The van der Waals surface area contributed by atoms with Crippen molar-refractivity contribution in [1.82, 2.24) is 15.1 Å². The molecule has 0 aliphatic heterocycles. The lowest BCUT2D eigenvalue weighted by Crippen LogP contribution is -1.89. The molecule has 0 aliphatic carbocycles. The van der Waals surface area contributed by atoms with Crippen molar-refractivity contribution in [1.29, 1.82) is 0 Å². The van der Waals surface area contributed by atoms with Gasteiger partial charge in [-0.2, -0.15) is 4.98 Å². The number of nitrogens with zero attached hydrogens (tertiary/aromatic N) is 3. The van der Waals surface area contributed by atoms with Crippen molar-refractivity contribution in [3.63, 3.8) is 0 Å². The molecule has 20 heavy (non-hydrogen) atoms. The number of hydrogen-bond donors (Lipinski definition) is 0. The molecule has 0 bridgehead atoms. The highest BCUT2D eigenvalue weighted by Gasteiger charge is 2.15. The molecule has 0 N–H and O–H groups in total. The molecule has 0 atom stereocenters. The lowest BCUT2D eigenvalue weighted by molar-refractivity contribution is 0.413. The minimum absolute atomic E-state index is 0.322. The Morgan fingerprint density at radius 1 is 1.10 bits per heavy atom. The van der Waals surface area contributed by atoms with E-state index in [9.17, 15) is 0 Å². The van der Waals surface area contributed by atoms with E-state index >= 15 is 0 Å². The maximum Gasteiger partial charge on any atom is 0.261 e. The van der Waals surface area contributed by atoms with Gasteiger partial charge in [0.15, 0.2) is 0 Å².